The van der Waals surface area contributed by atoms with Gasteiger partial charge < -0.3 is 5.32 Å². The van der Waals surface area contributed by atoms with E-state index in [1.54, 1.807) is 12.1 Å². The molecule has 1 aromatic heterocycles. The van der Waals surface area contributed by atoms with E-state index in [1.165, 1.54) is 29.5 Å². The van der Waals surface area contributed by atoms with Gasteiger partial charge in [-0.1, -0.05) is 65.9 Å². The average Bonchev–Trinajstić information content (AvgIpc) is 2.79. The first-order valence-electron chi connectivity index (χ1n) is 10.0. The highest BCUT2D eigenvalue weighted by Crippen LogP contribution is 2.33. The summed E-state index contributed by atoms with van der Waals surface area (Å²) >= 11 is 1.38. The molecule has 156 valence electrons. The van der Waals surface area contributed by atoms with E-state index in [0.29, 0.717) is 17.3 Å². The molecule has 4 nitrogen and oxygen atoms in total. The molecule has 0 saturated carbocycles. The minimum atomic E-state index is -0.333. The molecule has 1 amide bonds. The molecular weight excluding hydrogens is 409 g/mol. The number of nitrogens with one attached hydrogen (secondary N) is 1. The molecule has 0 aliphatic rings. The number of aromatic nitrogens is 2. The van der Waals surface area contributed by atoms with Crippen molar-refractivity contribution in [3.8, 4) is 11.3 Å². The average molecular weight is 432 g/mol. The molecule has 1 atom stereocenters. The van der Waals surface area contributed by atoms with Crippen molar-refractivity contribution in [1.29, 1.82) is 0 Å². The summed E-state index contributed by atoms with van der Waals surface area (Å²) in [7, 11) is 0. The number of thioether (sulfide) groups is 1. The van der Waals surface area contributed by atoms with Gasteiger partial charge in [-0.3, -0.25) is 4.79 Å². The van der Waals surface area contributed by atoms with Crippen LogP contribution >= 0.6 is 11.8 Å². The van der Waals surface area contributed by atoms with Crippen LogP contribution in [0.2, 0.25) is 0 Å². The van der Waals surface area contributed by atoms with Gasteiger partial charge in [0.2, 0.25) is 5.91 Å². The molecule has 1 N–H and O–H groups in total. The number of halogens is 1. The summed E-state index contributed by atoms with van der Waals surface area (Å²) in [4.78, 5) is 12.6. The first-order valence-corrected chi connectivity index (χ1v) is 10.9. The monoisotopic (exact) mass is 431 g/mol. The smallest absolute Gasteiger partial charge is 0.233 e. The van der Waals surface area contributed by atoms with Crippen LogP contribution in [0, 0.1) is 12.7 Å². The Kier molecular flexibility index (Phi) is 6.28. The van der Waals surface area contributed by atoms with Crippen molar-refractivity contribution >= 4 is 28.4 Å². The minimum absolute atomic E-state index is 0.0564. The molecule has 4 aromatic rings. The molecule has 0 spiro atoms. The normalized spacial score (nSPS) is 12.0. The van der Waals surface area contributed by atoms with Crippen LogP contribution in [0.25, 0.3) is 22.0 Å². The molecule has 0 radical (unpaired) electrons. The molecule has 0 fully saturated rings. The van der Waals surface area contributed by atoms with Gasteiger partial charge in [0, 0.05) is 22.9 Å². The van der Waals surface area contributed by atoms with Crippen LogP contribution in [0.1, 0.15) is 18.1 Å². The number of amides is 1. The first-order chi connectivity index (χ1) is 15.0. The van der Waals surface area contributed by atoms with Gasteiger partial charge in [-0.2, -0.15) is 0 Å². The van der Waals surface area contributed by atoms with E-state index < -0.39 is 0 Å². The lowest BCUT2D eigenvalue weighted by Gasteiger charge is -2.14. The largest absolute Gasteiger partial charge is 0.351 e. The summed E-state index contributed by atoms with van der Waals surface area (Å²) in [6.45, 7) is 4.38. The Bertz CT molecular complexity index is 1210. The van der Waals surface area contributed by atoms with Crippen molar-refractivity contribution in [3.05, 3.63) is 89.7 Å². The van der Waals surface area contributed by atoms with Gasteiger partial charge in [0.05, 0.1) is 5.25 Å². The van der Waals surface area contributed by atoms with Crippen LogP contribution in [-0.2, 0) is 11.3 Å². The zero-order valence-electron chi connectivity index (χ0n) is 17.3. The van der Waals surface area contributed by atoms with Crippen molar-refractivity contribution in [2.75, 3.05) is 0 Å². The van der Waals surface area contributed by atoms with Gasteiger partial charge in [-0.05, 0) is 43.7 Å². The number of hydrogen-bond donors (Lipinski definition) is 1. The maximum atomic E-state index is 13.3. The first kappa shape index (κ1) is 21.0. The molecule has 3 aromatic carbocycles. The minimum Gasteiger partial charge on any atom is -0.351 e. The van der Waals surface area contributed by atoms with Crippen molar-refractivity contribution in [2.45, 2.75) is 30.7 Å². The Morgan fingerprint density at radius 1 is 0.968 bits per heavy atom. The Morgan fingerprint density at radius 3 is 2.35 bits per heavy atom. The second-order valence-corrected chi connectivity index (χ2v) is 8.70. The molecule has 1 heterocycles. The number of benzene rings is 3. The highest BCUT2D eigenvalue weighted by atomic mass is 32.2. The van der Waals surface area contributed by atoms with E-state index in [4.69, 9.17) is 0 Å². The number of carbonyl (C=O) groups excluding carboxylic acids is 1. The molecule has 0 bridgehead atoms. The van der Waals surface area contributed by atoms with E-state index in [1.807, 2.05) is 62.4 Å². The standard InChI is InChI=1S/C25H22FN3OS/c1-16-7-9-18(10-8-16)15-27-24(30)17(2)31-25-22-6-4-3-5-21(22)23(28-29-25)19-11-13-20(26)14-12-19/h3-14,17H,15H2,1-2H3,(H,27,30). The van der Waals surface area contributed by atoms with Crippen LogP contribution in [0.5, 0.6) is 0 Å². The fraction of sp³-hybridized carbons (Fsp3) is 0.160. The van der Waals surface area contributed by atoms with Gasteiger partial charge >= 0.3 is 0 Å². The van der Waals surface area contributed by atoms with Crippen LogP contribution in [0.15, 0.2) is 77.8 Å². The maximum Gasteiger partial charge on any atom is 0.233 e. The maximum absolute atomic E-state index is 13.3. The lowest BCUT2D eigenvalue weighted by molar-refractivity contribution is -0.120. The summed E-state index contributed by atoms with van der Waals surface area (Å²) in [6.07, 6.45) is 0. The fourth-order valence-corrected chi connectivity index (χ4v) is 4.17. The third kappa shape index (κ3) is 4.91. The van der Waals surface area contributed by atoms with E-state index in [0.717, 1.165) is 21.9 Å². The molecule has 6 heteroatoms. The van der Waals surface area contributed by atoms with E-state index in [-0.39, 0.29) is 17.0 Å². The number of hydrogen-bond acceptors (Lipinski definition) is 4. The number of carbonyl (C=O) groups is 1. The van der Waals surface area contributed by atoms with E-state index in [9.17, 15) is 9.18 Å². The quantitative estimate of drug-likeness (QED) is 0.407. The fourth-order valence-electron chi connectivity index (χ4n) is 3.25. The van der Waals surface area contributed by atoms with Gasteiger partial charge in [0.1, 0.15) is 16.5 Å². The highest BCUT2D eigenvalue weighted by Gasteiger charge is 2.18. The van der Waals surface area contributed by atoms with Crippen molar-refractivity contribution < 1.29 is 9.18 Å². The lowest BCUT2D eigenvalue weighted by Crippen LogP contribution is -2.30. The third-order valence-corrected chi connectivity index (χ3v) is 6.11. The third-order valence-electron chi connectivity index (χ3n) is 5.02. The number of aryl methyl sites for hydroxylation is 1. The molecule has 0 saturated heterocycles. The van der Waals surface area contributed by atoms with Crippen LogP contribution in [0.3, 0.4) is 0 Å². The predicted molar refractivity (Wildman–Crippen MR) is 123 cm³/mol. The summed E-state index contributed by atoms with van der Waals surface area (Å²) in [5.74, 6) is -0.349. The SMILES string of the molecule is Cc1ccc(CNC(=O)C(C)Sc2nnc(-c3ccc(F)cc3)c3ccccc23)cc1. The van der Waals surface area contributed by atoms with Gasteiger partial charge in [0.25, 0.3) is 0 Å². The Morgan fingerprint density at radius 2 is 1.65 bits per heavy atom. The number of nitrogens with zero attached hydrogens (tertiary/aromatic N) is 2. The highest BCUT2D eigenvalue weighted by molar-refractivity contribution is 8.00. The zero-order chi connectivity index (χ0) is 21.8. The van der Waals surface area contributed by atoms with Gasteiger partial charge in [-0.15, -0.1) is 10.2 Å². The van der Waals surface area contributed by atoms with Crippen LogP contribution in [-0.4, -0.2) is 21.4 Å². The van der Waals surface area contributed by atoms with Gasteiger partial charge in [-0.25, -0.2) is 4.39 Å². The predicted octanol–water partition coefficient (Wildman–Crippen LogP) is 5.54. The van der Waals surface area contributed by atoms with Crippen LogP contribution in [0.4, 0.5) is 4.39 Å². The molecule has 31 heavy (non-hydrogen) atoms. The van der Waals surface area contributed by atoms with Crippen molar-refractivity contribution in [1.82, 2.24) is 15.5 Å². The topological polar surface area (TPSA) is 54.9 Å². The summed E-state index contributed by atoms with van der Waals surface area (Å²) in [5, 5.41) is 14.0. The van der Waals surface area contributed by atoms with Gasteiger partial charge in [0.15, 0.2) is 0 Å². The Labute approximate surface area is 184 Å². The summed E-state index contributed by atoms with van der Waals surface area (Å²) in [6, 6.07) is 22.1. The molecule has 0 aliphatic heterocycles. The summed E-state index contributed by atoms with van der Waals surface area (Å²) < 4.78 is 13.3. The number of fused-ring (bicyclic) bond motifs is 1. The lowest BCUT2D eigenvalue weighted by atomic mass is 10.1. The number of rotatable bonds is 6. The van der Waals surface area contributed by atoms with Crippen molar-refractivity contribution in [2.24, 2.45) is 0 Å². The summed E-state index contributed by atoms with van der Waals surface area (Å²) in [5.41, 5.74) is 3.74. The second kappa shape index (κ2) is 9.27. The Balaban J connectivity index is 1.53. The Hall–Kier alpha value is -3.25. The van der Waals surface area contributed by atoms with E-state index in [2.05, 4.69) is 15.5 Å². The van der Waals surface area contributed by atoms with Crippen molar-refractivity contribution in [3.63, 3.8) is 0 Å². The molecule has 4 rings (SSSR count). The molecule has 1 unspecified atom stereocenters. The second-order valence-electron chi connectivity index (χ2n) is 7.37. The zero-order valence-corrected chi connectivity index (χ0v) is 18.1. The molecular formula is C25H22FN3OS. The van der Waals surface area contributed by atoms with E-state index >= 15 is 0 Å². The molecule has 0 aliphatic carbocycles. The van der Waals surface area contributed by atoms with Crippen LogP contribution < -0.4 is 5.32 Å².